The largest absolute Gasteiger partial charge is 0.223 e. The molecule has 13 heavy (non-hydrogen) atoms. The first-order chi connectivity index (χ1) is 5.82. The van der Waals surface area contributed by atoms with Gasteiger partial charge < -0.3 is 0 Å². The highest BCUT2D eigenvalue weighted by Gasteiger charge is 2.27. The molecule has 1 heterocycles. The van der Waals surface area contributed by atoms with Gasteiger partial charge in [-0.05, 0) is 22.0 Å². The van der Waals surface area contributed by atoms with Gasteiger partial charge in [0.1, 0.15) is 10.3 Å². The first-order valence-electron chi connectivity index (χ1n) is 2.91. The van der Waals surface area contributed by atoms with E-state index in [1.807, 2.05) is 0 Å². The SMILES string of the molecule is Clc1nc(Cl)c(C(Cl)(Cl)Cl)cc1Br. The molecule has 0 unspecified atom stereocenters. The van der Waals surface area contributed by atoms with Crippen LogP contribution in [0.15, 0.2) is 10.5 Å². The molecule has 0 fully saturated rings. The lowest BCUT2D eigenvalue weighted by atomic mass is 10.3. The Kier molecular flexibility index (Phi) is 4.01. The maximum absolute atomic E-state index is 5.72. The summed E-state index contributed by atoms with van der Waals surface area (Å²) >= 11 is 31.4. The third-order valence-electron chi connectivity index (χ3n) is 1.19. The van der Waals surface area contributed by atoms with Gasteiger partial charge in [-0.15, -0.1) is 0 Å². The number of aromatic nitrogens is 1. The lowest BCUT2D eigenvalue weighted by Crippen LogP contribution is -2.02. The van der Waals surface area contributed by atoms with Crippen LogP contribution in [0.1, 0.15) is 5.56 Å². The molecule has 0 aliphatic rings. The predicted octanol–water partition coefficient (Wildman–Crippen LogP) is 4.98. The lowest BCUT2D eigenvalue weighted by molar-refractivity contribution is 1.16. The van der Waals surface area contributed by atoms with Crippen molar-refractivity contribution in [1.29, 1.82) is 0 Å². The summed E-state index contributed by atoms with van der Waals surface area (Å²) in [6, 6.07) is 1.52. The minimum absolute atomic E-state index is 0.0770. The molecular weight excluding hydrogens is 343 g/mol. The molecule has 0 N–H and O–H groups in total. The average Bonchev–Trinajstić information content (AvgIpc) is 1.94. The number of pyridine rings is 1. The fourth-order valence-corrected chi connectivity index (χ4v) is 2.00. The van der Waals surface area contributed by atoms with E-state index in [1.165, 1.54) is 6.07 Å². The maximum Gasteiger partial charge on any atom is 0.219 e. The van der Waals surface area contributed by atoms with Crippen LogP contribution in [-0.2, 0) is 3.79 Å². The van der Waals surface area contributed by atoms with E-state index in [2.05, 4.69) is 20.9 Å². The molecular formula is C6HBrCl5N. The Morgan fingerprint density at radius 3 is 2.15 bits per heavy atom. The Morgan fingerprint density at radius 1 is 1.15 bits per heavy atom. The van der Waals surface area contributed by atoms with E-state index in [-0.39, 0.29) is 15.9 Å². The van der Waals surface area contributed by atoms with Crippen LogP contribution in [0.3, 0.4) is 0 Å². The second-order valence-electron chi connectivity index (χ2n) is 2.10. The highest BCUT2D eigenvalue weighted by atomic mass is 79.9. The molecule has 0 bridgehead atoms. The van der Waals surface area contributed by atoms with Crippen molar-refractivity contribution in [3.8, 4) is 0 Å². The third-order valence-corrected chi connectivity index (χ3v) is 3.21. The summed E-state index contributed by atoms with van der Waals surface area (Å²) < 4.78 is -1.07. The van der Waals surface area contributed by atoms with Crippen molar-refractivity contribution >= 4 is 73.9 Å². The van der Waals surface area contributed by atoms with E-state index < -0.39 is 3.79 Å². The van der Waals surface area contributed by atoms with E-state index in [0.29, 0.717) is 4.47 Å². The van der Waals surface area contributed by atoms with Crippen LogP contribution in [0, 0.1) is 0 Å². The van der Waals surface area contributed by atoms with Gasteiger partial charge in [0.2, 0.25) is 3.79 Å². The Bertz CT molecular complexity index is 335. The van der Waals surface area contributed by atoms with Gasteiger partial charge >= 0.3 is 0 Å². The van der Waals surface area contributed by atoms with Gasteiger partial charge in [-0.2, -0.15) is 0 Å². The van der Waals surface area contributed by atoms with Crippen molar-refractivity contribution in [3.63, 3.8) is 0 Å². The molecule has 1 aromatic heterocycles. The zero-order valence-electron chi connectivity index (χ0n) is 5.79. The van der Waals surface area contributed by atoms with Gasteiger partial charge in [0.15, 0.2) is 0 Å². The van der Waals surface area contributed by atoms with Crippen molar-refractivity contribution in [3.05, 3.63) is 26.4 Å². The van der Waals surface area contributed by atoms with E-state index in [1.54, 1.807) is 0 Å². The number of hydrogen-bond acceptors (Lipinski definition) is 1. The molecule has 0 aromatic carbocycles. The van der Waals surface area contributed by atoms with Crippen molar-refractivity contribution in [2.45, 2.75) is 3.79 Å². The molecule has 0 aliphatic heterocycles. The topological polar surface area (TPSA) is 12.9 Å². The first-order valence-corrected chi connectivity index (χ1v) is 5.59. The minimum Gasteiger partial charge on any atom is -0.223 e. The molecule has 0 atom stereocenters. The summed E-state index contributed by atoms with van der Waals surface area (Å²) in [7, 11) is 0. The first kappa shape index (κ1) is 12.2. The van der Waals surface area contributed by atoms with Crippen molar-refractivity contribution in [2.75, 3.05) is 0 Å². The van der Waals surface area contributed by atoms with Crippen molar-refractivity contribution in [1.82, 2.24) is 4.98 Å². The highest BCUT2D eigenvalue weighted by Crippen LogP contribution is 2.43. The third kappa shape index (κ3) is 3.01. The van der Waals surface area contributed by atoms with Crippen LogP contribution in [0.5, 0.6) is 0 Å². The Hall–Kier alpha value is 1.08. The molecule has 0 saturated carbocycles. The Morgan fingerprint density at radius 2 is 1.69 bits per heavy atom. The second-order valence-corrected chi connectivity index (χ2v) is 5.95. The second kappa shape index (κ2) is 4.30. The molecule has 72 valence electrons. The molecule has 1 rings (SSSR count). The number of alkyl halides is 3. The molecule has 0 saturated heterocycles. The van der Waals surface area contributed by atoms with E-state index in [9.17, 15) is 0 Å². The minimum atomic E-state index is -1.60. The van der Waals surface area contributed by atoms with Gasteiger partial charge in [0.05, 0.1) is 4.47 Å². The molecule has 0 spiro atoms. The van der Waals surface area contributed by atoms with Crippen molar-refractivity contribution < 1.29 is 0 Å². The van der Waals surface area contributed by atoms with Gasteiger partial charge in [-0.3, -0.25) is 0 Å². The summed E-state index contributed by atoms with van der Waals surface area (Å²) in [5.41, 5.74) is 0.287. The van der Waals surface area contributed by atoms with Crippen LogP contribution >= 0.6 is 73.9 Å². The monoisotopic (exact) mass is 341 g/mol. The van der Waals surface area contributed by atoms with Crippen LogP contribution in [0.4, 0.5) is 0 Å². The summed E-state index contributed by atoms with van der Waals surface area (Å²) in [6.45, 7) is 0. The zero-order valence-corrected chi connectivity index (χ0v) is 11.2. The molecule has 0 amide bonds. The molecule has 1 aromatic rings. The summed E-state index contributed by atoms with van der Waals surface area (Å²) in [4.78, 5) is 3.77. The fraction of sp³-hybridized carbons (Fsp3) is 0.167. The summed E-state index contributed by atoms with van der Waals surface area (Å²) in [5, 5.41) is 0.302. The zero-order chi connectivity index (χ0) is 10.2. The Balaban J connectivity index is 3.32. The van der Waals surface area contributed by atoms with Crippen LogP contribution in [0.2, 0.25) is 10.3 Å². The normalized spacial score (nSPS) is 11.8. The highest BCUT2D eigenvalue weighted by molar-refractivity contribution is 9.10. The number of nitrogens with zero attached hydrogens (tertiary/aromatic N) is 1. The van der Waals surface area contributed by atoms with Gasteiger partial charge in [0, 0.05) is 5.56 Å². The van der Waals surface area contributed by atoms with Gasteiger partial charge in [-0.1, -0.05) is 58.0 Å². The van der Waals surface area contributed by atoms with Crippen LogP contribution in [0.25, 0.3) is 0 Å². The molecule has 0 aliphatic carbocycles. The number of hydrogen-bond donors (Lipinski definition) is 0. The van der Waals surface area contributed by atoms with Gasteiger partial charge in [-0.25, -0.2) is 4.98 Å². The summed E-state index contributed by atoms with van der Waals surface area (Å²) in [6.07, 6.45) is 0. The fourth-order valence-electron chi connectivity index (χ4n) is 0.644. The van der Waals surface area contributed by atoms with Crippen LogP contribution < -0.4 is 0 Å². The number of rotatable bonds is 0. The molecule has 7 heteroatoms. The quantitative estimate of drug-likeness (QED) is 0.478. The molecule has 0 radical (unpaired) electrons. The molecule has 1 nitrogen and oxygen atoms in total. The summed E-state index contributed by atoms with van der Waals surface area (Å²) in [5.74, 6) is 0. The van der Waals surface area contributed by atoms with Crippen LogP contribution in [-0.4, -0.2) is 4.98 Å². The smallest absolute Gasteiger partial charge is 0.219 e. The number of halogens is 6. The Labute approximate surface area is 108 Å². The van der Waals surface area contributed by atoms with E-state index in [4.69, 9.17) is 58.0 Å². The average molecular weight is 344 g/mol. The maximum atomic E-state index is 5.72. The lowest BCUT2D eigenvalue weighted by Gasteiger charge is -2.12. The standard InChI is InChI=1S/C6HBrCl5N/c7-3-1-2(6(10,11)12)4(8)13-5(3)9/h1H. The van der Waals surface area contributed by atoms with Crippen molar-refractivity contribution in [2.24, 2.45) is 0 Å². The van der Waals surface area contributed by atoms with E-state index >= 15 is 0 Å². The van der Waals surface area contributed by atoms with E-state index in [0.717, 1.165) is 0 Å². The van der Waals surface area contributed by atoms with Gasteiger partial charge in [0.25, 0.3) is 0 Å². The predicted molar refractivity (Wildman–Crippen MR) is 61.2 cm³/mol.